The first kappa shape index (κ1) is 14.2. The third-order valence-corrected chi connectivity index (χ3v) is 1.14. The summed E-state index contributed by atoms with van der Waals surface area (Å²) >= 11 is 0. The number of halogens is 1. The standard InChI is InChI=1S/C8H17N3.ClH/c1-5-9-7-10-8(2)6-11(3)4;/h8H,5-6H2,1-4H3;1H. The molecule has 0 aromatic heterocycles. The summed E-state index contributed by atoms with van der Waals surface area (Å²) < 4.78 is 0. The molecule has 0 N–H and O–H groups in total. The van der Waals surface area contributed by atoms with Gasteiger partial charge in [0, 0.05) is 13.1 Å². The van der Waals surface area contributed by atoms with Crippen LogP contribution in [0.2, 0.25) is 0 Å². The smallest absolute Gasteiger partial charge is 0.0895 e. The maximum atomic E-state index is 4.10. The first-order valence-electron chi connectivity index (χ1n) is 3.93. The number of rotatable bonds is 4. The van der Waals surface area contributed by atoms with Crippen LogP contribution in [0.25, 0.3) is 0 Å². The molecule has 0 fully saturated rings. The van der Waals surface area contributed by atoms with Gasteiger partial charge in [-0.3, -0.25) is 0 Å². The fourth-order valence-electron chi connectivity index (χ4n) is 0.779. The first-order chi connectivity index (χ1) is 5.16. The van der Waals surface area contributed by atoms with Crippen LogP contribution in [-0.2, 0) is 0 Å². The van der Waals surface area contributed by atoms with Crippen molar-refractivity contribution in [3.05, 3.63) is 0 Å². The highest BCUT2D eigenvalue weighted by atomic mass is 35.5. The second kappa shape index (κ2) is 8.72. The molecule has 0 aromatic carbocycles. The van der Waals surface area contributed by atoms with Gasteiger partial charge in [0.05, 0.1) is 12.1 Å². The Labute approximate surface area is 81.0 Å². The van der Waals surface area contributed by atoms with E-state index in [4.69, 9.17) is 0 Å². The van der Waals surface area contributed by atoms with Crippen molar-refractivity contribution in [2.45, 2.75) is 19.9 Å². The van der Waals surface area contributed by atoms with Gasteiger partial charge in [-0.1, -0.05) is 0 Å². The van der Waals surface area contributed by atoms with Crippen LogP contribution in [0.3, 0.4) is 0 Å². The van der Waals surface area contributed by atoms with E-state index in [-0.39, 0.29) is 12.4 Å². The fraction of sp³-hybridized carbons (Fsp3) is 0.875. The molecule has 4 heteroatoms. The van der Waals surface area contributed by atoms with E-state index in [2.05, 4.69) is 27.8 Å². The molecule has 0 bridgehead atoms. The van der Waals surface area contributed by atoms with Crippen molar-refractivity contribution in [1.82, 2.24) is 4.90 Å². The van der Waals surface area contributed by atoms with Gasteiger partial charge in [-0.25, -0.2) is 9.98 Å². The summed E-state index contributed by atoms with van der Waals surface area (Å²) in [5, 5.41) is 0. The number of likely N-dealkylation sites (N-methyl/N-ethyl adjacent to an activating group) is 1. The lowest BCUT2D eigenvalue weighted by Gasteiger charge is -2.10. The average molecular weight is 192 g/mol. The van der Waals surface area contributed by atoms with E-state index in [9.17, 15) is 0 Å². The summed E-state index contributed by atoms with van der Waals surface area (Å²) in [6.45, 7) is 5.74. The van der Waals surface area contributed by atoms with E-state index < -0.39 is 0 Å². The molecule has 0 aliphatic carbocycles. The second-order valence-electron chi connectivity index (χ2n) is 2.81. The minimum Gasteiger partial charge on any atom is -0.307 e. The molecule has 0 rings (SSSR count). The van der Waals surface area contributed by atoms with Gasteiger partial charge in [-0.2, -0.15) is 0 Å². The number of aliphatic imine (C=N–C) groups is 2. The predicted molar refractivity (Wildman–Crippen MR) is 55.7 cm³/mol. The molecule has 12 heavy (non-hydrogen) atoms. The summed E-state index contributed by atoms with van der Waals surface area (Å²) in [5.74, 6) is 0. The monoisotopic (exact) mass is 191 g/mol. The van der Waals surface area contributed by atoms with Crippen LogP contribution in [0.1, 0.15) is 13.8 Å². The lowest BCUT2D eigenvalue weighted by Crippen LogP contribution is -2.21. The van der Waals surface area contributed by atoms with Gasteiger partial charge in [-0.05, 0) is 27.9 Å². The Balaban J connectivity index is 0. The third kappa shape index (κ3) is 9.63. The van der Waals surface area contributed by atoms with Crippen molar-refractivity contribution in [2.75, 3.05) is 27.2 Å². The Kier molecular flexibility index (Phi) is 10.3. The molecular weight excluding hydrogens is 174 g/mol. The molecular formula is C8H18ClN3. The molecule has 0 heterocycles. The molecule has 72 valence electrons. The quantitative estimate of drug-likeness (QED) is 0.620. The van der Waals surface area contributed by atoms with Gasteiger partial charge in [0.1, 0.15) is 0 Å². The molecule has 0 aliphatic heterocycles. The van der Waals surface area contributed by atoms with Crippen LogP contribution in [-0.4, -0.2) is 44.1 Å². The summed E-state index contributed by atoms with van der Waals surface area (Å²) in [6.07, 6.45) is 0. The molecule has 0 saturated heterocycles. The molecule has 3 nitrogen and oxygen atoms in total. The Morgan fingerprint density at radius 2 is 2.00 bits per heavy atom. The van der Waals surface area contributed by atoms with E-state index in [1.54, 1.807) is 0 Å². The zero-order valence-corrected chi connectivity index (χ0v) is 9.06. The maximum Gasteiger partial charge on any atom is 0.0895 e. The van der Waals surface area contributed by atoms with Gasteiger partial charge in [0.25, 0.3) is 0 Å². The Morgan fingerprint density at radius 1 is 1.42 bits per heavy atom. The van der Waals surface area contributed by atoms with E-state index in [0.29, 0.717) is 6.04 Å². The van der Waals surface area contributed by atoms with Crippen molar-refractivity contribution >= 4 is 18.4 Å². The second-order valence-corrected chi connectivity index (χ2v) is 2.81. The topological polar surface area (TPSA) is 28.0 Å². The number of nitrogens with zero attached hydrogens (tertiary/aromatic N) is 3. The highest BCUT2D eigenvalue weighted by Crippen LogP contribution is 1.88. The van der Waals surface area contributed by atoms with Gasteiger partial charge >= 0.3 is 0 Å². The number of hydrogen-bond acceptors (Lipinski definition) is 3. The van der Waals surface area contributed by atoms with Crippen LogP contribution in [0.4, 0.5) is 0 Å². The van der Waals surface area contributed by atoms with Crippen LogP contribution in [0.15, 0.2) is 9.98 Å². The zero-order chi connectivity index (χ0) is 8.69. The average Bonchev–Trinajstić information content (AvgIpc) is 1.86. The lowest BCUT2D eigenvalue weighted by molar-refractivity contribution is 0.384. The van der Waals surface area contributed by atoms with Crippen LogP contribution in [0, 0.1) is 0 Å². The summed E-state index contributed by atoms with van der Waals surface area (Å²) in [7, 11) is 4.06. The normalized spacial score (nSPS) is 11.4. The molecule has 1 atom stereocenters. The lowest BCUT2D eigenvalue weighted by atomic mass is 10.3. The van der Waals surface area contributed by atoms with E-state index in [1.165, 1.54) is 0 Å². The molecule has 1 unspecified atom stereocenters. The van der Waals surface area contributed by atoms with Gasteiger partial charge in [-0.15, -0.1) is 12.4 Å². The molecule has 0 radical (unpaired) electrons. The molecule has 0 aromatic rings. The molecule has 0 aliphatic rings. The number of hydrogen-bond donors (Lipinski definition) is 0. The van der Waals surface area contributed by atoms with Crippen LogP contribution in [0.5, 0.6) is 0 Å². The summed E-state index contributed by atoms with van der Waals surface area (Å²) in [5.41, 5.74) is 0. The van der Waals surface area contributed by atoms with Gasteiger partial charge in [0.2, 0.25) is 0 Å². The van der Waals surface area contributed by atoms with Crippen molar-refractivity contribution in [2.24, 2.45) is 9.98 Å². The minimum absolute atomic E-state index is 0. The SMILES string of the molecule is CCN=C=NC(C)CN(C)C.Cl. The predicted octanol–water partition coefficient (Wildman–Crippen LogP) is 1.55. The van der Waals surface area contributed by atoms with E-state index >= 15 is 0 Å². The summed E-state index contributed by atoms with van der Waals surface area (Å²) in [4.78, 5) is 10.1. The van der Waals surface area contributed by atoms with Crippen molar-refractivity contribution in [3.8, 4) is 0 Å². The van der Waals surface area contributed by atoms with Crippen molar-refractivity contribution < 1.29 is 0 Å². The maximum absolute atomic E-state index is 4.10. The van der Waals surface area contributed by atoms with Crippen molar-refractivity contribution in [3.63, 3.8) is 0 Å². The highest BCUT2D eigenvalue weighted by molar-refractivity contribution is 5.85. The Hall–Kier alpha value is -0.370. The third-order valence-electron chi connectivity index (χ3n) is 1.14. The zero-order valence-electron chi connectivity index (χ0n) is 8.24. The van der Waals surface area contributed by atoms with Crippen LogP contribution < -0.4 is 0 Å². The molecule has 0 spiro atoms. The minimum atomic E-state index is 0. The Morgan fingerprint density at radius 3 is 2.42 bits per heavy atom. The summed E-state index contributed by atoms with van der Waals surface area (Å²) in [6, 6.07) is 2.96. The molecule has 0 amide bonds. The van der Waals surface area contributed by atoms with Gasteiger partial charge < -0.3 is 4.90 Å². The largest absolute Gasteiger partial charge is 0.307 e. The fourth-order valence-corrected chi connectivity index (χ4v) is 0.779. The van der Waals surface area contributed by atoms with E-state index in [1.807, 2.05) is 21.0 Å². The first-order valence-corrected chi connectivity index (χ1v) is 3.93. The van der Waals surface area contributed by atoms with Gasteiger partial charge in [0.15, 0.2) is 0 Å². The highest BCUT2D eigenvalue weighted by Gasteiger charge is 1.97. The van der Waals surface area contributed by atoms with Crippen LogP contribution >= 0.6 is 12.4 Å². The Bertz CT molecular complexity index is 150. The van der Waals surface area contributed by atoms with E-state index in [0.717, 1.165) is 13.1 Å². The van der Waals surface area contributed by atoms with Crippen molar-refractivity contribution in [1.29, 1.82) is 0 Å². The molecule has 0 saturated carbocycles.